The number of aromatic nitrogens is 2. The molecule has 106 valence electrons. The third kappa shape index (κ3) is 2.51. The average molecular weight is 282 g/mol. The molecule has 0 aliphatic carbocycles. The smallest absolute Gasteiger partial charge is 0.257 e. The predicted octanol–water partition coefficient (Wildman–Crippen LogP) is 2.41. The number of aromatic amines is 1. The Morgan fingerprint density at radius 3 is 2.90 bits per heavy atom. The van der Waals surface area contributed by atoms with E-state index in [2.05, 4.69) is 15.3 Å². The molecule has 1 heterocycles. The van der Waals surface area contributed by atoms with Crippen LogP contribution in [-0.2, 0) is 0 Å². The maximum absolute atomic E-state index is 12.3. The summed E-state index contributed by atoms with van der Waals surface area (Å²) in [5, 5.41) is 2.81. The van der Waals surface area contributed by atoms with Crippen LogP contribution in [0.5, 0.6) is 5.75 Å². The summed E-state index contributed by atoms with van der Waals surface area (Å²) in [6.07, 6.45) is 1.61. The van der Waals surface area contributed by atoms with Crippen LogP contribution in [0.2, 0.25) is 0 Å². The monoisotopic (exact) mass is 282 g/mol. The summed E-state index contributed by atoms with van der Waals surface area (Å²) in [6.45, 7) is 0. The third-order valence-electron chi connectivity index (χ3n) is 3.18. The van der Waals surface area contributed by atoms with Gasteiger partial charge in [0.05, 0.1) is 30.0 Å². The highest BCUT2D eigenvalue weighted by atomic mass is 16.5. The number of hydrogen-bond donors (Lipinski definition) is 3. The molecule has 3 rings (SSSR count). The molecule has 0 spiro atoms. The maximum Gasteiger partial charge on any atom is 0.257 e. The van der Waals surface area contributed by atoms with Crippen LogP contribution in [0, 0.1) is 0 Å². The fourth-order valence-electron chi connectivity index (χ4n) is 2.09. The molecule has 0 bridgehead atoms. The number of methoxy groups -OCH3 is 1. The Kier molecular flexibility index (Phi) is 3.19. The normalized spacial score (nSPS) is 10.5. The summed E-state index contributed by atoms with van der Waals surface area (Å²) in [4.78, 5) is 19.4. The van der Waals surface area contributed by atoms with Crippen LogP contribution in [0.15, 0.2) is 42.7 Å². The van der Waals surface area contributed by atoms with E-state index in [-0.39, 0.29) is 5.91 Å². The van der Waals surface area contributed by atoms with E-state index in [4.69, 9.17) is 10.5 Å². The summed E-state index contributed by atoms with van der Waals surface area (Å²) in [5.41, 5.74) is 9.02. The van der Waals surface area contributed by atoms with Crippen molar-refractivity contribution in [2.75, 3.05) is 18.2 Å². The van der Waals surface area contributed by atoms with Crippen molar-refractivity contribution in [3.63, 3.8) is 0 Å². The second kappa shape index (κ2) is 5.16. The number of nitrogens with two attached hydrogens (primary N) is 1. The van der Waals surface area contributed by atoms with Crippen LogP contribution in [0.4, 0.5) is 11.4 Å². The molecule has 0 unspecified atom stereocenters. The van der Waals surface area contributed by atoms with E-state index in [1.54, 1.807) is 37.7 Å². The Balaban J connectivity index is 1.85. The number of rotatable bonds is 3. The lowest BCUT2D eigenvalue weighted by atomic mass is 10.1. The summed E-state index contributed by atoms with van der Waals surface area (Å²) in [5.74, 6) is 0.344. The van der Waals surface area contributed by atoms with Gasteiger partial charge >= 0.3 is 0 Å². The standard InChI is InChI=1S/C15H14N4O2/c1-21-10-3-4-11(12(16)7-10)15(20)19-9-2-5-13-14(6-9)18-8-17-13/h2-8H,16H2,1H3,(H,17,18)(H,19,20). The first-order chi connectivity index (χ1) is 10.2. The third-order valence-corrected chi connectivity index (χ3v) is 3.18. The van der Waals surface area contributed by atoms with Crippen molar-refractivity contribution in [2.45, 2.75) is 0 Å². The van der Waals surface area contributed by atoms with E-state index >= 15 is 0 Å². The van der Waals surface area contributed by atoms with Crippen LogP contribution >= 0.6 is 0 Å². The molecule has 2 aromatic carbocycles. The van der Waals surface area contributed by atoms with Crippen molar-refractivity contribution in [1.82, 2.24) is 9.97 Å². The van der Waals surface area contributed by atoms with Gasteiger partial charge < -0.3 is 20.8 Å². The lowest BCUT2D eigenvalue weighted by molar-refractivity contribution is 0.102. The molecule has 6 nitrogen and oxygen atoms in total. The first-order valence-electron chi connectivity index (χ1n) is 6.35. The number of fused-ring (bicyclic) bond motifs is 1. The lowest BCUT2D eigenvalue weighted by Gasteiger charge is -2.09. The van der Waals surface area contributed by atoms with E-state index in [1.165, 1.54) is 0 Å². The van der Waals surface area contributed by atoms with E-state index in [9.17, 15) is 4.79 Å². The van der Waals surface area contributed by atoms with Crippen molar-refractivity contribution < 1.29 is 9.53 Å². The Hall–Kier alpha value is -3.02. The molecule has 4 N–H and O–H groups in total. The number of carbonyl (C=O) groups is 1. The Labute approximate surface area is 120 Å². The van der Waals surface area contributed by atoms with E-state index < -0.39 is 0 Å². The van der Waals surface area contributed by atoms with Gasteiger partial charge in [-0.15, -0.1) is 0 Å². The highest BCUT2D eigenvalue weighted by molar-refractivity contribution is 6.08. The SMILES string of the molecule is COc1ccc(C(=O)Nc2ccc3nc[nH]c3c2)c(N)c1. The summed E-state index contributed by atoms with van der Waals surface area (Å²) < 4.78 is 5.06. The molecule has 0 saturated carbocycles. The van der Waals surface area contributed by atoms with Crippen LogP contribution in [0.1, 0.15) is 10.4 Å². The van der Waals surface area contributed by atoms with Crippen molar-refractivity contribution in [3.05, 3.63) is 48.3 Å². The molecule has 6 heteroatoms. The predicted molar refractivity (Wildman–Crippen MR) is 81.5 cm³/mol. The fourth-order valence-corrected chi connectivity index (χ4v) is 2.09. The Morgan fingerprint density at radius 2 is 2.14 bits per heavy atom. The lowest BCUT2D eigenvalue weighted by Crippen LogP contribution is -2.14. The zero-order valence-electron chi connectivity index (χ0n) is 11.4. The van der Waals surface area contributed by atoms with Crippen molar-refractivity contribution in [2.24, 2.45) is 0 Å². The van der Waals surface area contributed by atoms with Gasteiger partial charge in [-0.1, -0.05) is 0 Å². The Bertz CT molecular complexity index is 810. The number of ether oxygens (including phenoxy) is 1. The van der Waals surface area contributed by atoms with Gasteiger partial charge in [0.25, 0.3) is 5.91 Å². The maximum atomic E-state index is 12.3. The molecule has 0 radical (unpaired) electrons. The van der Waals surface area contributed by atoms with Crippen LogP contribution < -0.4 is 15.8 Å². The van der Waals surface area contributed by atoms with Gasteiger partial charge in [0.15, 0.2) is 0 Å². The van der Waals surface area contributed by atoms with Gasteiger partial charge in [-0.25, -0.2) is 4.98 Å². The number of hydrogen-bond acceptors (Lipinski definition) is 4. The van der Waals surface area contributed by atoms with Gasteiger partial charge in [0.2, 0.25) is 0 Å². The molecule has 1 amide bonds. The van der Waals surface area contributed by atoms with Gasteiger partial charge in [-0.2, -0.15) is 0 Å². The number of carbonyl (C=O) groups excluding carboxylic acids is 1. The molecule has 1 aromatic heterocycles. The molecule has 3 aromatic rings. The topological polar surface area (TPSA) is 93.0 Å². The Morgan fingerprint density at radius 1 is 1.29 bits per heavy atom. The number of benzene rings is 2. The molecule has 0 atom stereocenters. The van der Waals surface area contributed by atoms with Crippen LogP contribution in [0.3, 0.4) is 0 Å². The number of nitrogens with one attached hydrogen (secondary N) is 2. The number of amides is 1. The fraction of sp³-hybridized carbons (Fsp3) is 0.0667. The van der Waals surface area contributed by atoms with E-state index in [0.29, 0.717) is 22.7 Å². The zero-order chi connectivity index (χ0) is 14.8. The summed E-state index contributed by atoms with van der Waals surface area (Å²) in [6, 6.07) is 10.4. The minimum atomic E-state index is -0.269. The van der Waals surface area contributed by atoms with Gasteiger partial charge in [-0.3, -0.25) is 4.79 Å². The van der Waals surface area contributed by atoms with E-state index in [0.717, 1.165) is 11.0 Å². The number of nitrogens with zero attached hydrogens (tertiary/aromatic N) is 1. The first-order valence-corrected chi connectivity index (χ1v) is 6.35. The minimum absolute atomic E-state index is 0.269. The number of H-pyrrole nitrogens is 1. The minimum Gasteiger partial charge on any atom is -0.497 e. The molecule has 0 aliphatic rings. The van der Waals surface area contributed by atoms with Gasteiger partial charge in [0, 0.05) is 17.4 Å². The van der Waals surface area contributed by atoms with Crippen molar-refractivity contribution in [3.8, 4) is 5.75 Å². The van der Waals surface area contributed by atoms with Crippen molar-refractivity contribution in [1.29, 1.82) is 0 Å². The highest BCUT2D eigenvalue weighted by Gasteiger charge is 2.11. The number of nitrogen functional groups attached to an aromatic ring is 1. The van der Waals surface area contributed by atoms with Crippen LogP contribution in [-0.4, -0.2) is 23.0 Å². The highest BCUT2D eigenvalue weighted by Crippen LogP contribution is 2.22. The van der Waals surface area contributed by atoms with Gasteiger partial charge in [-0.05, 0) is 30.3 Å². The molecule has 21 heavy (non-hydrogen) atoms. The van der Waals surface area contributed by atoms with Gasteiger partial charge in [0.1, 0.15) is 5.75 Å². The number of imidazole rings is 1. The zero-order valence-corrected chi connectivity index (χ0v) is 11.4. The van der Waals surface area contributed by atoms with Crippen LogP contribution in [0.25, 0.3) is 11.0 Å². The van der Waals surface area contributed by atoms with E-state index in [1.807, 2.05) is 12.1 Å². The van der Waals surface area contributed by atoms with Crippen molar-refractivity contribution >= 4 is 28.3 Å². The molecule has 0 saturated heterocycles. The molecule has 0 aliphatic heterocycles. The first kappa shape index (κ1) is 13.0. The quantitative estimate of drug-likeness (QED) is 0.643. The average Bonchev–Trinajstić information content (AvgIpc) is 2.94. The molecular formula is C15H14N4O2. The molecular weight excluding hydrogens is 268 g/mol. The molecule has 0 fully saturated rings. The second-order valence-corrected chi connectivity index (χ2v) is 4.54. The largest absolute Gasteiger partial charge is 0.497 e. The summed E-state index contributed by atoms with van der Waals surface area (Å²) in [7, 11) is 1.55. The second-order valence-electron chi connectivity index (χ2n) is 4.54. The summed E-state index contributed by atoms with van der Waals surface area (Å²) >= 11 is 0. The number of anilines is 2.